The van der Waals surface area contributed by atoms with Crippen molar-refractivity contribution in [2.75, 3.05) is 0 Å². The SMILES string of the molecule is C=CCCCCCC[C@H](NC(=O)c1ccc(C(C)(C)C)cc1)C(N)=O. The van der Waals surface area contributed by atoms with Crippen molar-refractivity contribution in [1.82, 2.24) is 5.32 Å². The predicted octanol–water partition coefficient (Wildman–Crippen LogP) is 4.09. The van der Waals surface area contributed by atoms with Gasteiger partial charge in [-0.2, -0.15) is 0 Å². The van der Waals surface area contributed by atoms with E-state index in [1.807, 2.05) is 18.2 Å². The van der Waals surface area contributed by atoms with Crippen LogP contribution in [0.15, 0.2) is 36.9 Å². The van der Waals surface area contributed by atoms with E-state index in [1.54, 1.807) is 12.1 Å². The van der Waals surface area contributed by atoms with Crippen molar-refractivity contribution in [3.05, 3.63) is 48.0 Å². The Morgan fingerprint density at radius 3 is 2.24 bits per heavy atom. The van der Waals surface area contributed by atoms with E-state index in [-0.39, 0.29) is 11.3 Å². The molecule has 0 spiro atoms. The van der Waals surface area contributed by atoms with Gasteiger partial charge < -0.3 is 11.1 Å². The minimum Gasteiger partial charge on any atom is -0.368 e. The molecule has 0 saturated heterocycles. The monoisotopic (exact) mass is 344 g/mol. The van der Waals surface area contributed by atoms with E-state index >= 15 is 0 Å². The van der Waals surface area contributed by atoms with E-state index in [0.29, 0.717) is 12.0 Å². The summed E-state index contributed by atoms with van der Waals surface area (Å²) in [6.07, 6.45) is 7.60. The lowest BCUT2D eigenvalue weighted by atomic mass is 9.86. The molecule has 4 heteroatoms. The summed E-state index contributed by atoms with van der Waals surface area (Å²) >= 11 is 0. The van der Waals surface area contributed by atoms with E-state index in [1.165, 1.54) is 0 Å². The number of benzene rings is 1. The maximum atomic E-state index is 12.4. The second-order valence-corrected chi connectivity index (χ2v) is 7.54. The third kappa shape index (κ3) is 7.55. The number of allylic oxidation sites excluding steroid dienone is 1. The predicted molar refractivity (Wildman–Crippen MR) is 103 cm³/mol. The van der Waals surface area contributed by atoms with Crippen molar-refractivity contribution in [3.8, 4) is 0 Å². The number of hydrogen-bond donors (Lipinski definition) is 2. The van der Waals surface area contributed by atoms with Crippen molar-refractivity contribution in [1.29, 1.82) is 0 Å². The van der Waals surface area contributed by atoms with Gasteiger partial charge in [-0.25, -0.2) is 0 Å². The molecule has 2 amide bonds. The van der Waals surface area contributed by atoms with Crippen LogP contribution in [0.1, 0.15) is 75.2 Å². The Bertz CT molecular complexity index is 571. The number of unbranched alkanes of at least 4 members (excludes halogenated alkanes) is 4. The number of rotatable bonds is 10. The van der Waals surface area contributed by atoms with Gasteiger partial charge in [0.25, 0.3) is 5.91 Å². The quantitative estimate of drug-likeness (QED) is 0.495. The number of nitrogens with one attached hydrogen (secondary N) is 1. The lowest BCUT2D eigenvalue weighted by Gasteiger charge is -2.19. The van der Waals surface area contributed by atoms with E-state index in [4.69, 9.17) is 5.73 Å². The highest BCUT2D eigenvalue weighted by atomic mass is 16.2. The summed E-state index contributed by atoms with van der Waals surface area (Å²) in [5.41, 5.74) is 7.19. The highest BCUT2D eigenvalue weighted by Gasteiger charge is 2.19. The van der Waals surface area contributed by atoms with Crippen molar-refractivity contribution in [2.24, 2.45) is 5.73 Å². The fourth-order valence-electron chi connectivity index (χ4n) is 2.64. The van der Waals surface area contributed by atoms with E-state index < -0.39 is 11.9 Å². The molecule has 3 N–H and O–H groups in total. The van der Waals surface area contributed by atoms with Gasteiger partial charge in [-0.3, -0.25) is 9.59 Å². The summed E-state index contributed by atoms with van der Waals surface area (Å²) in [7, 11) is 0. The summed E-state index contributed by atoms with van der Waals surface area (Å²) in [4.78, 5) is 24.0. The zero-order valence-corrected chi connectivity index (χ0v) is 15.8. The van der Waals surface area contributed by atoms with Gasteiger partial charge in [0, 0.05) is 5.56 Å². The van der Waals surface area contributed by atoms with Gasteiger partial charge in [0.05, 0.1) is 0 Å². The number of primary amides is 1. The Hall–Kier alpha value is -2.10. The van der Waals surface area contributed by atoms with Gasteiger partial charge >= 0.3 is 0 Å². The molecule has 4 nitrogen and oxygen atoms in total. The normalized spacial score (nSPS) is 12.4. The number of carbonyl (C=O) groups excluding carboxylic acids is 2. The number of carbonyl (C=O) groups is 2. The van der Waals surface area contributed by atoms with Crippen LogP contribution in [0.2, 0.25) is 0 Å². The zero-order chi connectivity index (χ0) is 18.9. The van der Waals surface area contributed by atoms with Gasteiger partial charge in [0.1, 0.15) is 6.04 Å². The molecule has 1 aromatic carbocycles. The molecular formula is C21H32N2O2. The maximum absolute atomic E-state index is 12.4. The third-order valence-corrected chi connectivity index (χ3v) is 4.31. The van der Waals surface area contributed by atoms with E-state index in [2.05, 4.69) is 32.7 Å². The van der Waals surface area contributed by atoms with Crippen molar-refractivity contribution >= 4 is 11.8 Å². The molecule has 1 atom stereocenters. The average Bonchev–Trinajstić information content (AvgIpc) is 2.55. The molecule has 1 rings (SSSR count). The smallest absolute Gasteiger partial charge is 0.251 e. The lowest BCUT2D eigenvalue weighted by Crippen LogP contribution is -2.44. The summed E-state index contributed by atoms with van der Waals surface area (Å²) in [5, 5.41) is 2.76. The zero-order valence-electron chi connectivity index (χ0n) is 15.8. The van der Waals surface area contributed by atoms with E-state index in [9.17, 15) is 9.59 Å². The standard InChI is InChI=1S/C21H32N2O2/c1-5-6-7-8-9-10-11-18(19(22)24)23-20(25)16-12-14-17(15-13-16)21(2,3)4/h5,12-15,18H,1,6-11H2,2-4H3,(H2,22,24)(H,23,25)/t18-/m0/s1. The lowest BCUT2D eigenvalue weighted by molar-refractivity contribution is -0.120. The fraction of sp³-hybridized carbons (Fsp3) is 0.524. The topological polar surface area (TPSA) is 72.2 Å². The molecule has 0 unspecified atom stereocenters. The molecule has 0 saturated carbocycles. The number of amides is 2. The van der Waals surface area contributed by atoms with Crippen LogP contribution in [0.4, 0.5) is 0 Å². The molecule has 0 aliphatic rings. The molecule has 0 radical (unpaired) electrons. The summed E-state index contributed by atoms with van der Waals surface area (Å²) < 4.78 is 0. The Balaban J connectivity index is 2.55. The Kier molecular flexibility index (Phi) is 8.39. The summed E-state index contributed by atoms with van der Waals surface area (Å²) in [5.74, 6) is -0.735. The molecule has 0 heterocycles. The van der Waals surface area contributed by atoms with Crippen LogP contribution in [-0.2, 0) is 10.2 Å². The summed E-state index contributed by atoms with van der Waals surface area (Å²) in [6, 6.07) is 6.88. The molecule has 138 valence electrons. The van der Waals surface area contributed by atoms with Crippen molar-refractivity contribution in [3.63, 3.8) is 0 Å². The first-order chi connectivity index (χ1) is 11.8. The molecule has 0 aliphatic carbocycles. The highest BCUT2D eigenvalue weighted by molar-refractivity contribution is 5.97. The third-order valence-electron chi connectivity index (χ3n) is 4.31. The molecule has 0 fully saturated rings. The first-order valence-electron chi connectivity index (χ1n) is 9.07. The van der Waals surface area contributed by atoms with Crippen LogP contribution in [0.5, 0.6) is 0 Å². The van der Waals surface area contributed by atoms with Crippen LogP contribution in [-0.4, -0.2) is 17.9 Å². The molecule has 0 aromatic heterocycles. The van der Waals surface area contributed by atoms with Crippen LogP contribution in [0, 0.1) is 0 Å². The second kappa shape index (κ2) is 10.0. The Labute approximate surface area is 151 Å². The number of hydrogen-bond acceptors (Lipinski definition) is 2. The minimum absolute atomic E-state index is 0.0381. The molecule has 1 aromatic rings. The van der Waals surface area contributed by atoms with Gasteiger partial charge in [-0.1, -0.05) is 58.2 Å². The maximum Gasteiger partial charge on any atom is 0.251 e. The molecule has 0 bridgehead atoms. The van der Waals surface area contributed by atoms with Crippen LogP contribution in [0.25, 0.3) is 0 Å². The Morgan fingerprint density at radius 1 is 1.12 bits per heavy atom. The van der Waals surface area contributed by atoms with Crippen molar-refractivity contribution in [2.45, 2.75) is 70.8 Å². The molecule has 0 aliphatic heterocycles. The largest absolute Gasteiger partial charge is 0.368 e. The van der Waals surface area contributed by atoms with Gasteiger partial charge in [0.15, 0.2) is 0 Å². The molecule has 25 heavy (non-hydrogen) atoms. The van der Waals surface area contributed by atoms with Gasteiger partial charge in [-0.15, -0.1) is 6.58 Å². The summed E-state index contributed by atoms with van der Waals surface area (Å²) in [6.45, 7) is 10.1. The highest BCUT2D eigenvalue weighted by Crippen LogP contribution is 2.22. The first-order valence-corrected chi connectivity index (χ1v) is 9.07. The minimum atomic E-state index is -0.616. The Morgan fingerprint density at radius 2 is 1.72 bits per heavy atom. The van der Waals surface area contributed by atoms with Gasteiger partial charge in [0.2, 0.25) is 5.91 Å². The van der Waals surface area contributed by atoms with Gasteiger partial charge in [-0.05, 0) is 42.4 Å². The first kappa shape index (κ1) is 20.9. The van der Waals surface area contributed by atoms with Crippen LogP contribution < -0.4 is 11.1 Å². The number of nitrogens with two attached hydrogens (primary N) is 1. The second-order valence-electron chi connectivity index (χ2n) is 7.54. The molecular weight excluding hydrogens is 312 g/mol. The average molecular weight is 344 g/mol. The fourth-order valence-corrected chi connectivity index (χ4v) is 2.64. The van der Waals surface area contributed by atoms with Crippen LogP contribution in [0.3, 0.4) is 0 Å². The van der Waals surface area contributed by atoms with E-state index in [0.717, 1.165) is 37.7 Å². The van der Waals surface area contributed by atoms with Crippen LogP contribution >= 0.6 is 0 Å². The van der Waals surface area contributed by atoms with Crippen molar-refractivity contribution < 1.29 is 9.59 Å².